The first kappa shape index (κ1) is 12.1. The minimum atomic E-state index is -3.53. The number of sulfonamides is 1. The number of rotatable bonds is 4. The van der Waals surface area contributed by atoms with Gasteiger partial charge in [0.05, 0.1) is 10.5 Å². The topological polar surface area (TPSA) is 61.2 Å². The third kappa shape index (κ3) is 2.48. The van der Waals surface area contributed by atoms with E-state index < -0.39 is 10.0 Å². The summed E-state index contributed by atoms with van der Waals surface area (Å²) >= 11 is 0. The SMILES string of the molecule is CN(CC1CC1)S(=O)(=O)c1ccccc1C#N. The van der Waals surface area contributed by atoms with Crippen molar-refractivity contribution in [1.82, 2.24) is 4.31 Å². The molecule has 4 nitrogen and oxygen atoms in total. The first-order valence-electron chi connectivity index (χ1n) is 5.51. The lowest BCUT2D eigenvalue weighted by molar-refractivity contribution is 0.452. The second-order valence-corrected chi connectivity index (χ2v) is 6.35. The van der Waals surface area contributed by atoms with Gasteiger partial charge in [-0.1, -0.05) is 12.1 Å². The van der Waals surface area contributed by atoms with Crippen molar-refractivity contribution in [2.24, 2.45) is 5.92 Å². The van der Waals surface area contributed by atoms with Gasteiger partial charge in [-0.2, -0.15) is 5.26 Å². The molecule has 1 fully saturated rings. The third-order valence-corrected chi connectivity index (χ3v) is 4.79. The van der Waals surface area contributed by atoms with Crippen LogP contribution in [0.25, 0.3) is 0 Å². The number of nitriles is 1. The molecule has 0 unspecified atom stereocenters. The highest BCUT2D eigenvalue weighted by molar-refractivity contribution is 7.89. The van der Waals surface area contributed by atoms with Crippen molar-refractivity contribution in [1.29, 1.82) is 5.26 Å². The predicted molar refractivity (Wildman–Crippen MR) is 63.7 cm³/mol. The minimum Gasteiger partial charge on any atom is -0.207 e. The van der Waals surface area contributed by atoms with Gasteiger partial charge in [0.1, 0.15) is 6.07 Å². The summed E-state index contributed by atoms with van der Waals surface area (Å²) in [5.41, 5.74) is 0.204. The molecule has 0 heterocycles. The van der Waals surface area contributed by atoms with E-state index in [1.165, 1.54) is 16.4 Å². The van der Waals surface area contributed by atoms with E-state index in [-0.39, 0.29) is 10.5 Å². The van der Waals surface area contributed by atoms with Gasteiger partial charge in [-0.3, -0.25) is 0 Å². The zero-order valence-corrected chi connectivity index (χ0v) is 10.4. The molecule has 0 bridgehead atoms. The first-order chi connectivity index (χ1) is 8.05. The Balaban J connectivity index is 2.33. The van der Waals surface area contributed by atoms with E-state index in [0.29, 0.717) is 12.5 Å². The van der Waals surface area contributed by atoms with Crippen LogP contribution in [0.1, 0.15) is 18.4 Å². The summed E-state index contributed by atoms with van der Waals surface area (Å²) in [5.74, 6) is 0.490. The Hall–Kier alpha value is -1.38. The zero-order chi connectivity index (χ0) is 12.5. The van der Waals surface area contributed by atoms with Crippen LogP contribution in [0.2, 0.25) is 0 Å². The molecule has 2 rings (SSSR count). The van der Waals surface area contributed by atoms with E-state index in [2.05, 4.69) is 0 Å². The Bertz CT molecular complexity index is 556. The molecule has 1 aliphatic carbocycles. The minimum absolute atomic E-state index is 0.102. The molecule has 0 amide bonds. The van der Waals surface area contributed by atoms with Crippen molar-refractivity contribution in [3.05, 3.63) is 29.8 Å². The molecule has 0 saturated heterocycles. The van der Waals surface area contributed by atoms with Crippen LogP contribution in [0, 0.1) is 17.2 Å². The summed E-state index contributed by atoms with van der Waals surface area (Å²) in [4.78, 5) is 0.102. The molecule has 1 saturated carbocycles. The number of nitrogens with zero attached hydrogens (tertiary/aromatic N) is 2. The molecular weight excluding hydrogens is 236 g/mol. The molecule has 0 aliphatic heterocycles. The summed E-state index contributed by atoms with van der Waals surface area (Å²) in [6.07, 6.45) is 2.19. The van der Waals surface area contributed by atoms with Gasteiger partial charge in [-0.25, -0.2) is 12.7 Å². The fourth-order valence-electron chi connectivity index (χ4n) is 1.71. The lowest BCUT2D eigenvalue weighted by Crippen LogP contribution is -2.29. The van der Waals surface area contributed by atoms with Crippen molar-refractivity contribution in [2.45, 2.75) is 17.7 Å². The van der Waals surface area contributed by atoms with E-state index in [9.17, 15) is 8.42 Å². The summed E-state index contributed by atoms with van der Waals surface area (Å²) in [6, 6.07) is 8.23. The summed E-state index contributed by atoms with van der Waals surface area (Å²) in [6.45, 7) is 0.544. The first-order valence-corrected chi connectivity index (χ1v) is 6.95. The van der Waals surface area contributed by atoms with Crippen LogP contribution in [0.5, 0.6) is 0 Å². The molecule has 1 aromatic rings. The molecule has 1 aliphatic rings. The Morgan fingerprint density at radius 3 is 2.65 bits per heavy atom. The normalized spacial score (nSPS) is 15.8. The molecule has 0 radical (unpaired) electrons. The molecular formula is C12H14N2O2S. The Morgan fingerprint density at radius 2 is 2.06 bits per heavy atom. The van der Waals surface area contributed by atoms with Gasteiger partial charge >= 0.3 is 0 Å². The van der Waals surface area contributed by atoms with Crippen LogP contribution in [-0.4, -0.2) is 26.3 Å². The number of hydrogen-bond donors (Lipinski definition) is 0. The van der Waals surface area contributed by atoms with Gasteiger partial charge in [-0.15, -0.1) is 0 Å². The molecule has 0 N–H and O–H groups in total. The highest BCUT2D eigenvalue weighted by Gasteiger charge is 2.30. The summed E-state index contributed by atoms with van der Waals surface area (Å²) < 4.78 is 25.8. The van der Waals surface area contributed by atoms with Crippen LogP contribution in [0.15, 0.2) is 29.2 Å². The fourth-order valence-corrected chi connectivity index (χ4v) is 3.10. The van der Waals surface area contributed by atoms with Crippen LogP contribution >= 0.6 is 0 Å². The highest BCUT2D eigenvalue weighted by Crippen LogP contribution is 2.31. The number of hydrogen-bond acceptors (Lipinski definition) is 3. The van der Waals surface area contributed by atoms with Gasteiger partial charge in [0.15, 0.2) is 0 Å². The van der Waals surface area contributed by atoms with Gasteiger partial charge in [0.25, 0.3) is 0 Å². The van der Waals surface area contributed by atoms with Crippen LogP contribution in [0.4, 0.5) is 0 Å². The summed E-state index contributed by atoms with van der Waals surface area (Å²) in [7, 11) is -1.95. The van der Waals surface area contributed by atoms with E-state index in [1.807, 2.05) is 6.07 Å². The van der Waals surface area contributed by atoms with E-state index in [4.69, 9.17) is 5.26 Å². The fraction of sp³-hybridized carbons (Fsp3) is 0.417. The van der Waals surface area contributed by atoms with Crippen molar-refractivity contribution >= 4 is 10.0 Å². The average molecular weight is 250 g/mol. The van der Waals surface area contributed by atoms with Gasteiger partial charge < -0.3 is 0 Å². The lowest BCUT2D eigenvalue weighted by Gasteiger charge is -2.17. The largest absolute Gasteiger partial charge is 0.244 e. The van der Waals surface area contributed by atoms with Gasteiger partial charge in [0, 0.05) is 13.6 Å². The second kappa shape index (κ2) is 4.47. The molecule has 0 atom stereocenters. The van der Waals surface area contributed by atoms with Crippen molar-refractivity contribution in [3.63, 3.8) is 0 Å². The maximum absolute atomic E-state index is 12.2. The Labute approximate surface area is 102 Å². The van der Waals surface area contributed by atoms with Crippen molar-refractivity contribution in [2.75, 3.05) is 13.6 Å². The van der Waals surface area contributed by atoms with Crippen molar-refractivity contribution < 1.29 is 8.42 Å². The van der Waals surface area contributed by atoms with E-state index in [1.54, 1.807) is 19.2 Å². The zero-order valence-electron chi connectivity index (χ0n) is 9.63. The van der Waals surface area contributed by atoms with Gasteiger partial charge in [-0.05, 0) is 30.9 Å². The molecule has 0 spiro atoms. The van der Waals surface area contributed by atoms with Crippen LogP contribution in [-0.2, 0) is 10.0 Å². The van der Waals surface area contributed by atoms with E-state index in [0.717, 1.165) is 12.8 Å². The maximum Gasteiger partial charge on any atom is 0.244 e. The smallest absolute Gasteiger partial charge is 0.207 e. The van der Waals surface area contributed by atoms with Crippen molar-refractivity contribution in [3.8, 4) is 6.07 Å². The predicted octanol–water partition coefficient (Wildman–Crippen LogP) is 1.59. The average Bonchev–Trinajstić information content (AvgIpc) is 3.12. The molecule has 0 aromatic heterocycles. The Morgan fingerprint density at radius 1 is 1.41 bits per heavy atom. The molecule has 17 heavy (non-hydrogen) atoms. The number of benzene rings is 1. The van der Waals surface area contributed by atoms with Crippen LogP contribution in [0.3, 0.4) is 0 Å². The molecule has 5 heteroatoms. The molecule has 1 aromatic carbocycles. The standard InChI is InChI=1S/C12H14N2O2S/c1-14(9-10-6-7-10)17(15,16)12-5-3-2-4-11(12)8-13/h2-5,10H,6-7,9H2,1H3. The third-order valence-electron chi connectivity index (χ3n) is 2.91. The maximum atomic E-state index is 12.2. The van der Waals surface area contributed by atoms with E-state index >= 15 is 0 Å². The van der Waals surface area contributed by atoms with Crippen LogP contribution < -0.4 is 0 Å². The highest BCUT2D eigenvalue weighted by atomic mass is 32.2. The Kier molecular flexibility index (Phi) is 3.18. The molecule has 90 valence electrons. The second-order valence-electron chi connectivity index (χ2n) is 4.34. The lowest BCUT2D eigenvalue weighted by atomic mass is 10.2. The summed E-state index contributed by atoms with van der Waals surface area (Å²) in [5, 5.41) is 8.92. The quantitative estimate of drug-likeness (QED) is 0.815. The van der Waals surface area contributed by atoms with Gasteiger partial charge in [0.2, 0.25) is 10.0 Å². The monoisotopic (exact) mass is 250 g/mol.